The smallest absolute Gasteiger partial charge is 0.387 e. The summed E-state index contributed by atoms with van der Waals surface area (Å²) < 4.78 is 42.2. The minimum absolute atomic E-state index is 0.0757. The molecule has 0 aliphatic carbocycles. The number of carbonyl (C=O) groups excluding carboxylic acids is 1. The van der Waals surface area contributed by atoms with Crippen LogP contribution in [-0.4, -0.2) is 30.5 Å². The van der Waals surface area contributed by atoms with Gasteiger partial charge in [-0.1, -0.05) is 24.3 Å². The van der Waals surface area contributed by atoms with Crippen LogP contribution >= 0.6 is 0 Å². The molecule has 0 saturated carbocycles. The van der Waals surface area contributed by atoms with Crippen molar-refractivity contribution in [3.63, 3.8) is 0 Å². The lowest BCUT2D eigenvalue weighted by molar-refractivity contribution is -0.120. The zero-order chi connectivity index (χ0) is 18.4. The average molecular weight is 352 g/mol. The monoisotopic (exact) mass is 352 g/mol. The fourth-order valence-corrected chi connectivity index (χ4v) is 2.20. The van der Waals surface area contributed by atoms with Gasteiger partial charge in [-0.05, 0) is 43.8 Å². The molecule has 0 aliphatic heterocycles. The third-order valence-corrected chi connectivity index (χ3v) is 3.75. The first-order valence-corrected chi connectivity index (χ1v) is 7.66. The van der Waals surface area contributed by atoms with Gasteiger partial charge in [0.1, 0.15) is 11.6 Å². The number of benzene rings is 2. The first kappa shape index (κ1) is 18.8. The van der Waals surface area contributed by atoms with Crippen LogP contribution in [0, 0.1) is 5.82 Å². The van der Waals surface area contributed by atoms with E-state index < -0.39 is 18.5 Å². The maximum absolute atomic E-state index is 13.6. The molecular formula is C18H19F3N2O2. The first-order valence-electron chi connectivity index (χ1n) is 7.66. The van der Waals surface area contributed by atoms with Gasteiger partial charge in [-0.25, -0.2) is 4.39 Å². The molecule has 0 fully saturated rings. The zero-order valence-electron chi connectivity index (χ0n) is 13.9. The number of ether oxygens (including phenoxy) is 1. The second kappa shape index (κ2) is 8.53. The Labute approximate surface area is 144 Å². The number of anilines is 1. The second-order valence-electron chi connectivity index (χ2n) is 5.58. The van der Waals surface area contributed by atoms with Crippen molar-refractivity contribution in [3.05, 3.63) is 59.9 Å². The molecule has 0 aromatic heterocycles. The van der Waals surface area contributed by atoms with E-state index in [1.54, 1.807) is 43.1 Å². The number of nitrogens with zero attached hydrogens (tertiary/aromatic N) is 1. The van der Waals surface area contributed by atoms with Crippen molar-refractivity contribution >= 4 is 11.6 Å². The van der Waals surface area contributed by atoms with E-state index in [0.717, 1.165) is 5.56 Å². The Morgan fingerprint density at radius 2 is 1.80 bits per heavy atom. The average Bonchev–Trinajstić information content (AvgIpc) is 2.57. The lowest BCUT2D eigenvalue weighted by Gasteiger charge is -2.24. The summed E-state index contributed by atoms with van der Waals surface area (Å²) in [5.41, 5.74) is 0.955. The summed E-state index contributed by atoms with van der Waals surface area (Å²) in [6.07, 6.45) is 0. The maximum Gasteiger partial charge on any atom is 0.387 e. The highest BCUT2D eigenvalue weighted by Gasteiger charge is 2.19. The van der Waals surface area contributed by atoms with E-state index in [1.807, 2.05) is 0 Å². The number of amides is 1. The third kappa shape index (κ3) is 5.49. The molecule has 7 heteroatoms. The first-order chi connectivity index (χ1) is 11.9. The number of hydrogen-bond acceptors (Lipinski definition) is 3. The van der Waals surface area contributed by atoms with Crippen molar-refractivity contribution in [2.24, 2.45) is 0 Å². The van der Waals surface area contributed by atoms with Gasteiger partial charge in [0.25, 0.3) is 0 Å². The standard InChI is InChI=1S/C18H19F3N2O2/c1-12(17(24)22-16-6-4-3-5-15(16)19)23(2)11-13-7-9-14(10-8-13)25-18(20)21/h3-10,12,18H,11H2,1-2H3,(H,22,24)/t12-/m0/s1. The van der Waals surface area contributed by atoms with Crippen LogP contribution in [0.3, 0.4) is 0 Å². The predicted molar refractivity (Wildman–Crippen MR) is 89.0 cm³/mol. The third-order valence-electron chi connectivity index (χ3n) is 3.75. The Bertz CT molecular complexity index is 708. The quantitative estimate of drug-likeness (QED) is 0.822. The number of halogens is 3. The summed E-state index contributed by atoms with van der Waals surface area (Å²) in [6.45, 7) is -0.749. The normalized spacial score (nSPS) is 12.3. The van der Waals surface area contributed by atoms with Gasteiger partial charge in [0.05, 0.1) is 11.7 Å². The number of rotatable bonds is 7. The Morgan fingerprint density at radius 3 is 2.40 bits per heavy atom. The summed E-state index contributed by atoms with van der Waals surface area (Å²) in [6, 6.07) is 11.6. The van der Waals surface area contributed by atoms with E-state index in [0.29, 0.717) is 6.54 Å². The molecule has 0 heterocycles. The van der Waals surface area contributed by atoms with Crippen LogP contribution in [0.1, 0.15) is 12.5 Å². The van der Waals surface area contributed by atoms with Crippen molar-refractivity contribution in [2.75, 3.05) is 12.4 Å². The lowest BCUT2D eigenvalue weighted by atomic mass is 10.1. The van der Waals surface area contributed by atoms with Gasteiger partial charge in [-0.3, -0.25) is 9.69 Å². The molecule has 0 spiro atoms. The molecular weight excluding hydrogens is 333 g/mol. The molecule has 0 saturated heterocycles. The van der Waals surface area contributed by atoms with Crippen LogP contribution < -0.4 is 10.1 Å². The van der Waals surface area contributed by atoms with Gasteiger partial charge in [0, 0.05) is 6.54 Å². The van der Waals surface area contributed by atoms with E-state index in [4.69, 9.17) is 0 Å². The van der Waals surface area contributed by atoms with Crippen LogP contribution in [-0.2, 0) is 11.3 Å². The summed E-state index contributed by atoms with van der Waals surface area (Å²) in [7, 11) is 1.75. The number of nitrogens with one attached hydrogen (secondary N) is 1. The van der Waals surface area contributed by atoms with Gasteiger partial charge in [0.2, 0.25) is 5.91 Å². The molecule has 1 atom stereocenters. The topological polar surface area (TPSA) is 41.6 Å². The van der Waals surface area contributed by atoms with Gasteiger partial charge in [-0.2, -0.15) is 8.78 Å². The number of para-hydroxylation sites is 1. The van der Waals surface area contributed by atoms with Crippen LogP contribution in [0.2, 0.25) is 0 Å². The molecule has 2 aromatic rings. The van der Waals surface area contributed by atoms with E-state index in [-0.39, 0.29) is 17.3 Å². The fraction of sp³-hybridized carbons (Fsp3) is 0.278. The molecule has 1 amide bonds. The summed E-state index contributed by atoms with van der Waals surface area (Å²) >= 11 is 0. The number of hydrogen-bond donors (Lipinski definition) is 1. The van der Waals surface area contributed by atoms with Gasteiger partial charge in [0.15, 0.2) is 0 Å². The Morgan fingerprint density at radius 1 is 1.16 bits per heavy atom. The summed E-state index contributed by atoms with van der Waals surface area (Å²) in [5, 5.41) is 2.55. The number of likely N-dealkylation sites (N-methyl/N-ethyl adjacent to an activating group) is 1. The predicted octanol–water partition coefficient (Wildman–Crippen LogP) is 3.89. The highest BCUT2D eigenvalue weighted by molar-refractivity contribution is 5.94. The summed E-state index contributed by atoms with van der Waals surface area (Å²) in [5.74, 6) is -0.766. The highest BCUT2D eigenvalue weighted by atomic mass is 19.3. The van der Waals surface area contributed by atoms with Gasteiger partial charge < -0.3 is 10.1 Å². The van der Waals surface area contributed by atoms with Crippen LogP contribution in [0.15, 0.2) is 48.5 Å². The Kier molecular flexibility index (Phi) is 6.41. The van der Waals surface area contributed by atoms with Crippen molar-refractivity contribution < 1.29 is 22.7 Å². The second-order valence-corrected chi connectivity index (χ2v) is 5.58. The Hall–Kier alpha value is -2.54. The maximum atomic E-state index is 13.6. The molecule has 1 N–H and O–H groups in total. The molecule has 2 rings (SSSR count). The molecule has 0 bridgehead atoms. The van der Waals surface area contributed by atoms with Gasteiger partial charge >= 0.3 is 6.61 Å². The minimum Gasteiger partial charge on any atom is -0.435 e. The minimum atomic E-state index is -2.87. The van der Waals surface area contributed by atoms with Crippen molar-refractivity contribution in [1.29, 1.82) is 0 Å². The van der Waals surface area contributed by atoms with E-state index in [9.17, 15) is 18.0 Å². The molecule has 0 radical (unpaired) electrons. The zero-order valence-corrected chi connectivity index (χ0v) is 13.9. The largest absolute Gasteiger partial charge is 0.435 e. The van der Waals surface area contributed by atoms with E-state index in [1.165, 1.54) is 24.3 Å². The Balaban J connectivity index is 1.94. The van der Waals surface area contributed by atoms with Crippen LogP contribution in [0.25, 0.3) is 0 Å². The molecule has 0 unspecified atom stereocenters. The highest BCUT2D eigenvalue weighted by Crippen LogP contribution is 2.17. The number of carbonyl (C=O) groups is 1. The molecule has 134 valence electrons. The SMILES string of the molecule is C[C@@H](C(=O)Nc1ccccc1F)N(C)Cc1ccc(OC(F)F)cc1. The van der Waals surface area contributed by atoms with Crippen molar-refractivity contribution in [3.8, 4) is 5.75 Å². The van der Waals surface area contributed by atoms with Gasteiger partial charge in [-0.15, -0.1) is 0 Å². The number of alkyl halides is 2. The lowest BCUT2D eigenvalue weighted by Crippen LogP contribution is -2.39. The van der Waals surface area contributed by atoms with Crippen LogP contribution in [0.5, 0.6) is 5.75 Å². The summed E-state index contributed by atoms with van der Waals surface area (Å²) in [4.78, 5) is 14.0. The fourth-order valence-electron chi connectivity index (χ4n) is 2.20. The molecule has 4 nitrogen and oxygen atoms in total. The molecule has 2 aromatic carbocycles. The molecule has 0 aliphatic rings. The van der Waals surface area contributed by atoms with E-state index in [2.05, 4.69) is 10.1 Å². The van der Waals surface area contributed by atoms with E-state index >= 15 is 0 Å². The van der Waals surface area contributed by atoms with Crippen LogP contribution in [0.4, 0.5) is 18.9 Å². The van der Waals surface area contributed by atoms with Crippen molar-refractivity contribution in [2.45, 2.75) is 26.1 Å². The van der Waals surface area contributed by atoms with Crippen molar-refractivity contribution in [1.82, 2.24) is 4.90 Å². The molecule has 25 heavy (non-hydrogen) atoms.